The smallest absolute Gasteiger partial charge is 0.216 e. The Morgan fingerprint density at radius 1 is 1.44 bits per heavy atom. The van der Waals surface area contributed by atoms with Crippen LogP contribution in [-0.4, -0.2) is 25.4 Å². The molecule has 5 heteroatoms. The molecular weight excluding hydrogens is 226 g/mol. The van der Waals surface area contributed by atoms with Gasteiger partial charge in [0.1, 0.15) is 0 Å². The van der Waals surface area contributed by atoms with Gasteiger partial charge >= 0.3 is 0 Å². The average molecular weight is 243 g/mol. The van der Waals surface area contributed by atoms with Gasteiger partial charge in [0.25, 0.3) is 0 Å². The number of aryl methyl sites for hydroxylation is 1. The molecular formula is C11H17NO3S. The topological polar surface area (TPSA) is 66.4 Å². The molecule has 0 amide bonds. The molecule has 0 aliphatic rings. The molecule has 0 aromatic heterocycles. The van der Waals surface area contributed by atoms with E-state index in [4.69, 9.17) is 5.11 Å². The summed E-state index contributed by atoms with van der Waals surface area (Å²) in [6, 6.07) is 7.62. The van der Waals surface area contributed by atoms with E-state index in [1.165, 1.54) is 6.92 Å². The molecule has 0 aliphatic carbocycles. The highest BCUT2D eigenvalue weighted by Crippen LogP contribution is 2.05. The van der Waals surface area contributed by atoms with Gasteiger partial charge in [0.2, 0.25) is 10.0 Å². The van der Waals surface area contributed by atoms with Gasteiger partial charge in [-0.15, -0.1) is 0 Å². The van der Waals surface area contributed by atoms with Crippen LogP contribution in [0.2, 0.25) is 0 Å². The first-order valence-electron chi connectivity index (χ1n) is 5.10. The molecule has 0 spiro atoms. The predicted octanol–water partition coefficient (Wildman–Crippen LogP) is 0.795. The summed E-state index contributed by atoms with van der Waals surface area (Å²) in [5.41, 5.74) is 2.00. The molecule has 2 N–H and O–H groups in total. The van der Waals surface area contributed by atoms with E-state index < -0.39 is 15.3 Å². The monoisotopic (exact) mass is 243 g/mol. The van der Waals surface area contributed by atoms with Crippen LogP contribution < -0.4 is 4.72 Å². The maximum atomic E-state index is 11.5. The minimum absolute atomic E-state index is 0.258. The molecule has 0 radical (unpaired) electrons. The lowest BCUT2D eigenvalue weighted by Gasteiger charge is -2.11. The van der Waals surface area contributed by atoms with E-state index in [0.29, 0.717) is 0 Å². The van der Waals surface area contributed by atoms with Crippen molar-refractivity contribution in [2.45, 2.75) is 25.6 Å². The van der Waals surface area contributed by atoms with Crippen molar-refractivity contribution in [2.75, 3.05) is 6.61 Å². The van der Waals surface area contributed by atoms with Crippen molar-refractivity contribution in [3.63, 3.8) is 0 Å². The van der Waals surface area contributed by atoms with Gasteiger partial charge in [-0.05, 0) is 19.4 Å². The molecule has 1 atom stereocenters. The van der Waals surface area contributed by atoms with Gasteiger partial charge in [-0.2, -0.15) is 0 Å². The van der Waals surface area contributed by atoms with E-state index in [-0.39, 0.29) is 13.2 Å². The van der Waals surface area contributed by atoms with Crippen LogP contribution in [0.5, 0.6) is 0 Å². The summed E-state index contributed by atoms with van der Waals surface area (Å²) in [6.07, 6.45) is 0. The van der Waals surface area contributed by atoms with Crippen molar-refractivity contribution in [1.82, 2.24) is 4.72 Å². The lowest BCUT2D eigenvalue weighted by molar-refractivity contribution is 0.294. The third kappa shape index (κ3) is 3.59. The van der Waals surface area contributed by atoms with Gasteiger partial charge in [0, 0.05) is 6.54 Å². The van der Waals surface area contributed by atoms with Crippen LogP contribution in [0.4, 0.5) is 0 Å². The zero-order valence-electron chi connectivity index (χ0n) is 9.47. The Morgan fingerprint density at radius 2 is 2.12 bits per heavy atom. The van der Waals surface area contributed by atoms with Crippen molar-refractivity contribution in [3.8, 4) is 0 Å². The summed E-state index contributed by atoms with van der Waals surface area (Å²) in [6.45, 7) is 3.31. The fourth-order valence-corrected chi connectivity index (χ4v) is 2.10. The summed E-state index contributed by atoms with van der Waals surface area (Å²) in [4.78, 5) is 0. The first kappa shape index (κ1) is 13.2. The SMILES string of the molecule is Cc1cccc(CNS(=O)(=O)C(C)CO)c1. The molecule has 0 saturated carbocycles. The second-order valence-electron chi connectivity index (χ2n) is 3.85. The van der Waals surface area contributed by atoms with Gasteiger partial charge in [0.05, 0.1) is 11.9 Å². The number of hydrogen-bond donors (Lipinski definition) is 2. The van der Waals surface area contributed by atoms with Gasteiger partial charge < -0.3 is 5.11 Å². The minimum Gasteiger partial charge on any atom is -0.395 e. The highest BCUT2D eigenvalue weighted by molar-refractivity contribution is 7.90. The average Bonchev–Trinajstić information content (AvgIpc) is 2.25. The van der Waals surface area contributed by atoms with Crippen molar-refractivity contribution >= 4 is 10.0 Å². The van der Waals surface area contributed by atoms with Gasteiger partial charge in [-0.1, -0.05) is 29.8 Å². The van der Waals surface area contributed by atoms with Crippen molar-refractivity contribution in [2.24, 2.45) is 0 Å². The van der Waals surface area contributed by atoms with E-state index in [0.717, 1.165) is 11.1 Å². The van der Waals surface area contributed by atoms with Crippen LogP contribution >= 0.6 is 0 Å². The third-order valence-corrected chi connectivity index (χ3v) is 4.10. The number of sulfonamides is 1. The van der Waals surface area contributed by atoms with Crippen LogP contribution in [0.3, 0.4) is 0 Å². The summed E-state index contributed by atoms with van der Waals surface area (Å²) in [5.74, 6) is 0. The number of aliphatic hydroxyl groups is 1. The van der Waals surface area contributed by atoms with Crippen LogP contribution in [0.25, 0.3) is 0 Å². The Kier molecular flexibility index (Phi) is 4.46. The number of benzene rings is 1. The normalized spacial score (nSPS) is 13.7. The molecule has 16 heavy (non-hydrogen) atoms. The largest absolute Gasteiger partial charge is 0.395 e. The second-order valence-corrected chi connectivity index (χ2v) is 6.03. The molecule has 90 valence electrons. The van der Waals surface area contributed by atoms with Gasteiger partial charge in [-0.3, -0.25) is 0 Å². The van der Waals surface area contributed by atoms with Crippen molar-refractivity contribution in [1.29, 1.82) is 0 Å². The highest BCUT2D eigenvalue weighted by Gasteiger charge is 2.18. The van der Waals surface area contributed by atoms with Crippen LogP contribution in [0.1, 0.15) is 18.1 Å². The fourth-order valence-electron chi connectivity index (χ4n) is 1.25. The lowest BCUT2D eigenvalue weighted by atomic mass is 10.1. The molecule has 1 aromatic rings. The molecule has 1 unspecified atom stereocenters. The maximum absolute atomic E-state index is 11.5. The van der Waals surface area contributed by atoms with Gasteiger partial charge in [0.15, 0.2) is 0 Å². The Bertz CT molecular complexity index is 442. The maximum Gasteiger partial charge on any atom is 0.216 e. The summed E-state index contributed by atoms with van der Waals surface area (Å²) in [7, 11) is -3.42. The lowest BCUT2D eigenvalue weighted by Crippen LogP contribution is -2.34. The number of aliphatic hydroxyl groups excluding tert-OH is 1. The predicted molar refractivity (Wildman–Crippen MR) is 63.5 cm³/mol. The highest BCUT2D eigenvalue weighted by atomic mass is 32.2. The summed E-state index contributed by atoms with van der Waals surface area (Å²) >= 11 is 0. The van der Waals surface area contributed by atoms with Crippen LogP contribution in [0, 0.1) is 6.92 Å². The summed E-state index contributed by atoms with van der Waals surface area (Å²) in [5, 5.41) is 8.01. The minimum atomic E-state index is -3.42. The molecule has 1 rings (SSSR count). The first-order chi connectivity index (χ1) is 7.45. The van der Waals surface area contributed by atoms with E-state index >= 15 is 0 Å². The fraction of sp³-hybridized carbons (Fsp3) is 0.455. The molecule has 1 aromatic carbocycles. The quantitative estimate of drug-likeness (QED) is 0.803. The molecule has 0 aliphatic heterocycles. The van der Waals surface area contributed by atoms with Gasteiger partial charge in [-0.25, -0.2) is 13.1 Å². The van der Waals surface area contributed by atoms with Crippen LogP contribution in [0.15, 0.2) is 24.3 Å². The Hall–Kier alpha value is -0.910. The zero-order chi connectivity index (χ0) is 12.2. The molecule has 4 nitrogen and oxygen atoms in total. The number of nitrogens with one attached hydrogen (secondary N) is 1. The Morgan fingerprint density at radius 3 is 2.69 bits per heavy atom. The van der Waals surface area contributed by atoms with Crippen LogP contribution in [-0.2, 0) is 16.6 Å². The molecule has 0 bridgehead atoms. The Balaban J connectivity index is 2.65. The summed E-state index contributed by atoms with van der Waals surface area (Å²) < 4.78 is 25.6. The standard InChI is InChI=1S/C11H17NO3S/c1-9-4-3-5-11(6-9)7-12-16(14,15)10(2)8-13/h3-6,10,12-13H,7-8H2,1-2H3. The van der Waals surface area contributed by atoms with E-state index in [1.54, 1.807) is 0 Å². The van der Waals surface area contributed by atoms with E-state index in [2.05, 4.69) is 4.72 Å². The number of rotatable bonds is 5. The number of hydrogen-bond acceptors (Lipinski definition) is 3. The first-order valence-corrected chi connectivity index (χ1v) is 6.65. The third-order valence-electron chi connectivity index (χ3n) is 2.35. The molecule has 0 heterocycles. The van der Waals surface area contributed by atoms with E-state index in [1.807, 2.05) is 31.2 Å². The zero-order valence-corrected chi connectivity index (χ0v) is 10.3. The van der Waals surface area contributed by atoms with Crippen molar-refractivity contribution < 1.29 is 13.5 Å². The van der Waals surface area contributed by atoms with E-state index in [9.17, 15) is 8.42 Å². The molecule has 0 saturated heterocycles. The molecule has 0 fully saturated rings. The second kappa shape index (κ2) is 5.43. The Labute approximate surface area is 96.4 Å². The van der Waals surface area contributed by atoms with Crippen molar-refractivity contribution in [3.05, 3.63) is 35.4 Å².